The Morgan fingerprint density at radius 3 is 2.31 bits per heavy atom. The van der Waals surface area contributed by atoms with Gasteiger partial charge in [0.1, 0.15) is 0 Å². The molecule has 1 aliphatic rings. The lowest BCUT2D eigenvalue weighted by molar-refractivity contribution is -0.126. The Balaban J connectivity index is 1.66. The second kappa shape index (κ2) is 9.56. The van der Waals surface area contributed by atoms with Crippen LogP contribution in [0.5, 0.6) is 17.2 Å². The highest BCUT2D eigenvalue weighted by molar-refractivity contribution is 6.30. The number of ether oxygens (including phenoxy) is 3. The summed E-state index contributed by atoms with van der Waals surface area (Å²) in [5, 5.41) is 0.716. The quantitative estimate of drug-likeness (QED) is 0.671. The van der Waals surface area contributed by atoms with Crippen LogP contribution in [0.4, 0.5) is 5.69 Å². The molecular formula is C22H25ClN2O4. The van der Waals surface area contributed by atoms with E-state index in [0.717, 1.165) is 24.3 Å². The number of anilines is 1. The standard InChI is InChI=1S/C22H25ClN2O4/c1-27-19-9-7-16(21(28-2)22(19)29-3)8-10-20(26)25-13-11-24(12-14-25)18-6-4-5-17(23)15-18/h4-10,15H,11-14H2,1-3H3. The SMILES string of the molecule is COc1ccc(C=CC(=O)N2CCN(c3cccc(Cl)c3)CC2)c(OC)c1OC. The number of benzene rings is 2. The van der Waals surface area contributed by atoms with Crippen LogP contribution in [-0.4, -0.2) is 58.3 Å². The van der Waals surface area contributed by atoms with E-state index in [4.69, 9.17) is 25.8 Å². The van der Waals surface area contributed by atoms with Crippen LogP contribution in [0.15, 0.2) is 42.5 Å². The number of nitrogens with zero attached hydrogens (tertiary/aromatic N) is 2. The first-order chi connectivity index (χ1) is 14.1. The predicted molar refractivity (Wildman–Crippen MR) is 115 cm³/mol. The minimum atomic E-state index is -0.0346. The fraction of sp³-hybridized carbons (Fsp3) is 0.318. The summed E-state index contributed by atoms with van der Waals surface area (Å²) < 4.78 is 16.1. The Morgan fingerprint density at radius 2 is 1.69 bits per heavy atom. The van der Waals surface area contributed by atoms with Gasteiger partial charge in [-0.15, -0.1) is 0 Å². The lowest BCUT2D eigenvalue weighted by atomic mass is 10.1. The Labute approximate surface area is 176 Å². The predicted octanol–water partition coefficient (Wildman–Crippen LogP) is 3.73. The number of piperazine rings is 1. The third-order valence-corrected chi connectivity index (χ3v) is 5.14. The average Bonchev–Trinajstić information content (AvgIpc) is 2.76. The van der Waals surface area contributed by atoms with Crippen LogP contribution in [0.25, 0.3) is 6.08 Å². The molecule has 0 aliphatic carbocycles. The lowest BCUT2D eigenvalue weighted by Gasteiger charge is -2.35. The number of halogens is 1. The molecule has 29 heavy (non-hydrogen) atoms. The molecule has 2 aromatic rings. The fourth-order valence-electron chi connectivity index (χ4n) is 3.38. The summed E-state index contributed by atoms with van der Waals surface area (Å²) >= 11 is 6.08. The Morgan fingerprint density at radius 1 is 0.966 bits per heavy atom. The van der Waals surface area contributed by atoms with Crippen LogP contribution in [0.1, 0.15) is 5.56 Å². The molecule has 154 valence electrons. The number of rotatable bonds is 6. The van der Waals surface area contributed by atoms with Crippen molar-refractivity contribution >= 4 is 29.3 Å². The molecule has 1 heterocycles. The third-order valence-electron chi connectivity index (χ3n) is 4.90. The summed E-state index contributed by atoms with van der Waals surface area (Å²) in [4.78, 5) is 16.7. The molecule has 0 atom stereocenters. The van der Waals surface area contributed by atoms with Crippen molar-refractivity contribution in [2.24, 2.45) is 0 Å². The van der Waals surface area contributed by atoms with Crippen molar-refractivity contribution in [1.82, 2.24) is 4.90 Å². The molecule has 2 aromatic carbocycles. The van der Waals surface area contributed by atoms with Crippen molar-refractivity contribution in [3.63, 3.8) is 0 Å². The highest BCUT2D eigenvalue weighted by atomic mass is 35.5. The van der Waals surface area contributed by atoms with Crippen molar-refractivity contribution in [3.8, 4) is 17.2 Å². The van der Waals surface area contributed by atoms with Gasteiger partial charge in [-0.1, -0.05) is 17.7 Å². The topological polar surface area (TPSA) is 51.2 Å². The third kappa shape index (κ3) is 4.77. The zero-order chi connectivity index (χ0) is 20.8. The smallest absolute Gasteiger partial charge is 0.246 e. The van der Waals surface area contributed by atoms with Gasteiger partial charge in [-0.05, 0) is 36.4 Å². The summed E-state index contributed by atoms with van der Waals surface area (Å²) in [6, 6.07) is 11.4. The zero-order valence-electron chi connectivity index (χ0n) is 16.9. The van der Waals surface area contributed by atoms with Crippen LogP contribution < -0.4 is 19.1 Å². The summed E-state index contributed by atoms with van der Waals surface area (Å²) in [5.41, 5.74) is 1.83. The van der Waals surface area contributed by atoms with Crippen LogP contribution >= 0.6 is 11.6 Å². The van der Waals surface area contributed by atoms with E-state index in [1.54, 1.807) is 39.5 Å². The van der Waals surface area contributed by atoms with Gasteiger partial charge in [0.2, 0.25) is 11.7 Å². The van der Waals surface area contributed by atoms with E-state index in [9.17, 15) is 4.79 Å². The van der Waals surface area contributed by atoms with E-state index >= 15 is 0 Å². The van der Waals surface area contributed by atoms with E-state index in [0.29, 0.717) is 35.4 Å². The molecule has 0 spiro atoms. The van der Waals surface area contributed by atoms with Crippen molar-refractivity contribution in [1.29, 1.82) is 0 Å². The molecule has 0 radical (unpaired) electrons. The molecule has 0 bridgehead atoms. The molecule has 1 amide bonds. The second-order valence-electron chi connectivity index (χ2n) is 6.55. The van der Waals surface area contributed by atoms with Crippen molar-refractivity contribution in [3.05, 3.63) is 53.1 Å². The molecule has 0 saturated carbocycles. The summed E-state index contributed by atoms with van der Waals surface area (Å²) in [7, 11) is 4.68. The fourth-order valence-corrected chi connectivity index (χ4v) is 3.56. The lowest BCUT2D eigenvalue weighted by Crippen LogP contribution is -2.48. The van der Waals surface area contributed by atoms with Gasteiger partial charge < -0.3 is 24.0 Å². The Hall–Kier alpha value is -2.86. The van der Waals surface area contributed by atoms with Crippen LogP contribution in [0.2, 0.25) is 5.02 Å². The largest absolute Gasteiger partial charge is 0.493 e. The van der Waals surface area contributed by atoms with Crippen molar-refractivity contribution in [2.75, 3.05) is 52.4 Å². The van der Waals surface area contributed by atoms with Gasteiger partial charge in [-0.2, -0.15) is 0 Å². The van der Waals surface area contributed by atoms with Gasteiger partial charge >= 0.3 is 0 Å². The van der Waals surface area contributed by atoms with Crippen molar-refractivity contribution < 1.29 is 19.0 Å². The van der Waals surface area contributed by atoms with Crippen molar-refractivity contribution in [2.45, 2.75) is 0 Å². The first-order valence-corrected chi connectivity index (χ1v) is 9.71. The summed E-state index contributed by atoms with van der Waals surface area (Å²) in [6.07, 6.45) is 3.31. The van der Waals surface area contributed by atoms with Gasteiger partial charge in [-0.25, -0.2) is 0 Å². The monoisotopic (exact) mass is 416 g/mol. The van der Waals surface area contributed by atoms with Gasteiger partial charge in [-0.3, -0.25) is 4.79 Å². The normalized spacial score (nSPS) is 14.2. The highest BCUT2D eigenvalue weighted by Gasteiger charge is 2.20. The van der Waals surface area contributed by atoms with Gasteiger partial charge in [0.25, 0.3) is 0 Å². The maximum Gasteiger partial charge on any atom is 0.246 e. The molecule has 1 aliphatic heterocycles. The number of carbonyl (C=O) groups is 1. The Bertz CT molecular complexity index is 892. The van der Waals surface area contributed by atoms with E-state index < -0.39 is 0 Å². The molecule has 0 unspecified atom stereocenters. The van der Waals surface area contributed by atoms with E-state index in [-0.39, 0.29) is 5.91 Å². The highest BCUT2D eigenvalue weighted by Crippen LogP contribution is 2.40. The van der Waals surface area contributed by atoms with E-state index in [2.05, 4.69) is 4.90 Å². The maximum atomic E-state index is 12.6. The molecule has 7 heteroatoms. The number of carbonyl (C=O) groups excluding carboxylic acids is 1. The van der Waals surface area contributed by atoms with E-state index in [1.165, 1.54) is 0 Å². The van der Waals surface area contributed by atoms with Gasteiger partial charge in [0.15, 0.2) is 11.5 Å². The van der Waals surface area contributed by atoms with Gasteiger partial charge in [0, 0.05) is 48.5 Å². The maximum absolute atomic E-state index is 12.6. The van der Waals surface area contributed by atoms with E-state index in [1.807, 2.05) is 35.2 Å². The minimum absolute atomic E-state index is 0.0346. The van der Waals surface area contributed by atoms with Crippen LogP contribution in [-0.2, 0) is 4.79 Å². The molecule has 0 aromatic heterocycles. The molecule has 3 rings (SSSR count). The number of methoxy groups -OCH3 is 3. The number of hydrogen-bond donors (Lipinski definition) is 0. The molecule has 6 nitrogen and oxygen atoms in total. The zero-order valence-corrected chi connectivity index (χ0v) is 17.6. The van der Waals surface area contributed by atoms with Gasteiger partial charge in [0.05, 0.1) is 21.3 Å². The molecule has 1 saturated heterocycles. The minimum Gasteiger partial charge on any atom is -0.493 e. The summed E-state index contributed by atoms with van der Waals surface area (Å²) in [6.45, 7) is 2.83. The Kier molecular flexibility index (Phi) is 6.88. The average molecular weight is 417 g/mol. The molecular weight excluding hydrogens is 392 g/mol. The molecule has 1 fully saturated rings. The van der Waals surface area contributed by atoms with Crippen LogP contribution in [0.3, 0.4) is 0 Å². The number of amides is 1. The first kappa shape index (κ1) is 20.9. The second-order valence-corrected chi connectivity index (χ2v) is 6.99. The van der Waals surface area contributed by atoms with Crippen LogP contribution in [0, 0.1) is 0 Å². The molecule has 0 N–H and O–H groups in total. The summed E-state index contributed by atoms with van der Waals surface area (Å²) in [5.74, 6) is 1.57. The first-order valence-electron chi connectivity index (χ1n) is 9.34. The number of hydrogen-bond acceptors (Lipinski definition) is 5.